The number of hydrogen-bond donors (Lipinski definition) is 0. The van der Waals surface area contributed by atoms with E-state index >= 15 is 0 Å². The van der Waals surface area contributed by atoms with Crippen molar-refractivity contribution in [3.8, 4) is 22.6 Å². The summed E-state index contributed by atoms with van der Waals surface area (Å²) in [6.07, 6.45) is 0. The molecule has 0 amide bonds. The summed E-state index contributed by atoms with van der Waals surface area (Å²) >= 11 is 0. The molecular weight excluding hydrogens is 419 g/mol. The molecule has 0 aliphatic carbocycles. The van der Waals surface area contributed by atoms with E-state index in [2.05, 4.69) is 13.2 Å². The minimum Gasteiger partial charge on any atom is -0.493 e. The van der Waals surface area contributed by atoms with Gasteiger partial charge in [0.05, 0.1) is 12.7 Å². The minimum atomic E-state index is -0.889. The van der Waals surface area contributed by atoms with Crippen molar-refractivity contribution in [2.24, 2.45) is 0 Å². The Morgan fingerprint density at radius 3 is 2.03 bits per heavy atom. The number of benzene rings is 2. The van der Waals surface area contributed by atoms with Gasteiger partial charge in [0.1, 0.15) is 19.0 Å². The topological polar surface area (TPSA) is 88.1 Å². The predicted molar refractivity (Wildman–Crippen MR) is 115 cm³/mol. The number of hydrogen-bond acceptors (Lipinski definition) is 7. The summed E-state index contributed by atoms with van der Waals surface area (Å²) in [5, 5.41) is 0. The molecule has 2 aromatic rings. The van der Waals surface area contributed by atoms with Gasteiger partial charge < -0.3 is 18.9 Å². The molecule has 32 heavy (non-hydrogen) atoms. The van der Waals surface area contributed by atoms with Gasteiger partial charge >= 0.3 is 17.9 Å². The molecule has 0 bridgehead atoms. The molecule has 0 N–H and O–H groups in total. The van der Waals surface area contributed by atoms with Gasteiger partial charge in [0, 0.05) is 11.1 Å². The summed E-state index contributed by atoms with van der Waals surface area (Å²) in [7, 11) is 1.41. The molecule has 0 fully saturated rings. The highest BCUT2D eigenvalue weighted by molar-refractivity contribution is 5.91. The Kier molecular flexibility index (Phi) is 8.29. The highest BCUT2D eigenvalue weighted by atomic mass is 19.1. The van der Waals surface area contributed by atoms with Gasteiger partial charge in [-0.2, -0.15) is 0 Å². The van der Waals surface area contributed by atoms with Crippen LogP contribution in [-0.2, 0) is 19.1 Å². The second-order valence-corrected chi connectivity index (χ2v) is 6.78. The highest BCUT2D eigenvalue weighted by Crippen LogP contribution is 2.33. The van der Waals surface area contributed by atoms with Crippen molar-refractivity contribution in [2.45, 2.75) is 13.8 Å². The smallest absolute Gasteiger partial charge is 0.341 e. The Hall–Kier alpha value is -3.94. The Bertz CT molecular complexity index is 1070. The number of rotatable bonds is 9. The minimum absolute atomic E-state index is 0.167. The van der Waals surface area contributed by atoms with Crippen molar-refractivity contribution >= 4 is 17.9 Å². The Balaban J connectivity index is 2.11. The van der Waals surface area contributed by atoms with Crippen LogP contribution in [0, 0.1) is 5.82 Å². The normalized spacial score (nSPS) is 10.1. The first-order chi connectivity index (χ1) is 15.1. The third kappa shape index (κ3) is 6.28. The van der Waals surface area contributed by atoms with E-state index in [1.807, 2.05) is 0 Å². The van der Waals surface area contributed by atoms with Gasteiger partial charge in [-0.25, -0.2) is 18.8 Å². The maximum absolute atomic E-state index is 14.5. The molecule has 0 aliphatic rings. The molecule has 0 spiro atoms. The van der Waals surface area contributed by atoms with Crippen LogP contribution in [0.2, 0.25) is 0 Å². The fourth-order valence-electron chi connectivity index (χ4n) is 2.45. The van der Waals surface area contributed by atoms with Crippen LogP contribution in [-0.4, -0.2) is 38.2 Å². The molecule has 0 radical (unpaired) electrons. The van der Waals surface area contributed by atoms with Crippen molar-refractivity contribution in [3.63, 3.8) is 0 Å². The molecule has 0 aromatic heterocycles. The highest BCUT2D eigenvalue weighted by Gasteiger charge is 2.16. The van der Waals surface area contributed by atoms with Gasteiger partial charge in [0.2, 0.25) is 0 Å². The quantitative estimate of drug-likeness (QED) is 0.248. The van der Waals surface area contributed by atoms with Gasteiger partial charge in [-0.3, -0.25) is 0 Å². The first-order valence-electron chi connectivity index (χ1n) is 9.49. The van der Waals surface area contributed by atoms with Gasteiger partial charge in [0.25, 0.3) is 0 Å². The SMILES string of the molecule is C=C(C)C(=O)OCCOC(=O)c1ccc(-c2ccc(OC(=O)C(=C)C)c(OC)c2)cc1F. The zero-order valence-corrected chi connectivity index (χ0v) is 18.0. The first kappa shape index (κ1) is 24.3. The maximum Gasteiger partial charge on any atom is 0.341 e. The van der Waals surface area contributed by atoms with Crippen LogP contribution in [0.1, 0.15) is 24.2 Å². The molecule has 168 valence electrons. The van der Waals surface area contributed by atoms with E-state index in [0.717, 1.165) is 0 Å². The Morgan fingerprint density at radius 1 is 0.844 bits per heavy atom. The van der Waals surface area contributed by atoms with Gasteiger partial charge in [-0.15, -0.1) is 0 Å². The average molecular weight is 442 g/mol. The number of esters is 3. The lowest BCUT2D eigenvalue weighted by Gasteiger charge is -2.12. The standard InChI is InChI=1S/C24H23FO7/c1-14(2)22(26)30-10-11-31-24(28)18-8-6-16(12-19(18)25)17-7-9-20(21(13-17)29-5)32-23(27)15(3)4/h6-9,12-13H,1,3,10-11H2,2,4-5H3. The lowest BCUT2D eigenvalue weighted by atomic mass is 10.0. The average Bonchev–Trinajstić information content (AvgIpc) is 2.76. The molecule has 0 saturated heterocycles. The van der Waals surface area contributed by atoms with Crippen molar-refractivity contribution < 1.29 is 37.7 Å². The largest absolute Gasteiger partial charge is 0.493 e. The Morgan fingerprint density at radius 2 is 1.44 bits per heavy atom. The van der Waals surface area contributed by atoms with E-state index in [1.165, 1.54) is 45.2 Å². The third-order valence-electron chi connectivity index (χ3n) is 4.14. The van der Waals surface area contributed by atoms with Gasteiger partial charge in [-0.05, 0) is 49.2 Å². The van der Waals surface area contributed by atoms with Crippen molar-refractivity contribution in [3.05, 3.63) is 72.1 Å². The number of halogens is 1. The Labute approximate surface area is 185 Å². The van der Waals surface area contributed by atoms with Crippen LogP contribution in [0.5, 0.6) is 11.5 Å². The van der Waals surface area contributed by atoms with Crippen LogP contribution in [0.3, 0.4) is 0 Å². The molecule has 0 heterocycles. The molecule has 0 atom stereocenters. The van der Waals surface area contributed by atoms with Crippen molar-refractivity contribution in [2.75, 3.05) is 20.3 Å². The second kappa shape index (κ2) is 10.9. The summed E-state index contributed by atoms with van der Waals surface area (Å²) in [5.41, 5.74) is 1.22. The number of ether oxygens (including phenoxy) is 4. The van der Waals surface area contributed by atoms with E-state index in [0.29, 0.717) is 11.1 Å². The zero-order valence-electron chi connectivity index (χ0n) is 18.0. The number of carbonyl (C=O) groups is 3. The molecular formula is C24H23FO7. The lowest BCUT2D eigenvalue weighted by molar-refractivity contribution is -0.140. The summed E-state index contributed by atoms with van der Waals surface area (Å²) in [4.78, 5) is 35.1. The van der Waals surface area contributed by atoms with E-state index in [9.17, 15) is 18.8 Å². The van der Waals surface area contributed by atoms with Crippen molar-refractivity contribution in [1.29, 1.82) is 0 Å². The molecule has 0 saturated carbocycles. The molecule has 2 aromatic carbocycles. The molecule has 0 unspecified atom stereocenters. The second-order valence-electron chi connectivity index (χ2n) is 6.78. The maximum atomic E-state index is 14.5. The fraction of sp³-hybridized carbons (Fsp3) is 0.208. The molecule has 0 aliphatic heterocycles. The molecule has 8 heteroatoms. The van der Waals surface area contributed by atoms with E-state index in [-0.39, 0.29) is 41.4 Å². The summed E-state index contributed by atoms with van der Waals surface area (Å²) in [6.45, 7) is 9.57. The summed E-state index contributed by atoms with van der Waals surface area (Å²) in [5.74, 6) is -2.42. The van der Waals surface area contributed by atoms with E-state index in [1.54, 1.807) is 12.1 Å². The monoisotopic (exact) mass is 442 g/mol. The van der Waals surface area contributed by atoms with Crippen molar-refractivity contribution in [1.82, 2.24) is 0 Å². The molecule has 2 rings (SSSR count). The number of carbonyl (C=O) groups excluding carboxylic acids is 3. The van der Waals surface area contributed by atoms with E-state index in [4.69, 9.17) is 18.9 Å². The predicted octanol–water partition coefficient (Wildman–Crippen LogP) is 4.26. The zero-order chi connectivity index (χ0) is 23.8. The van der Waals surface area contributed by atoms with Crippen LogP contribution >= 0.6 is 0 Å². The van der Waals surface area contributed by atoms with Crippen LogP contribution in [0.4, 0.5) is 4.39 Å². The van der Waals surface area contributed by atoms with Crippen LogP contribution < -0.4 is 9.47 Å². The number of methoxy groups -OCH3 is 1. The lowest BCUT2D eigenvalue weighted by Crippen LogP contribution is -2.15. The van der Waals surface area contributed by atoms with Crippen LogP contribution in [0.25, 0.3) is 11.1 Å². The van der Waals surface area contributed by atoms with Gasteiger partial charge in [-0.1, -0.05) is 25.3 Å². The van der Waals surface area contributed by atoms with Gasteiger partial charge in [0.15, 0.2) is 11.5 Å². The molecule has 7 nitrogen and oxygen atoms in total. The summed E-state index contributed by atoms with van der Waals surface area (Å²) < 4.78 is 34.7. The summed E-state index contributed by atoms with van der Waals surface area (Å²) in [6, 6.07) is 8.70. The van der Waals surface area contributed by atoms with E-state index < -0.39 is 23.7 Å². The van der Waals surface area contributed by atoms with Crippen LogP contribution in [0.15, 0.2) is 60.7 Å². The first-order valence-corrected chi connectivity index (χ1v) is 9.49. The third-order valence-corrected chi connectivity index (χ3v) is 4.14. The fourth-order valence-corrected chi connectivity index (χ4v) is 2.45.